The normalized spacial score (nSPS) is 22.9. The van der Waals surface area contributed by atoms with E-state index < -0.39 is 12.0 Å². The zero-order valence-electron chi connectivity index (χ0n) is 11.9. The van der Waals surface area contributed by atoms with Crippen molar-refractivity contribution in [2.45, 2.75) is 45.7 Å². The summed E-state index contributed by atoms with van der Waals surface area (Å²) in [5, 5.41) is 18.1. The Morgan fingerprint density at radius 2 is 2.05 bits per heavy atom. The van der Waals surface area contributed by atoms with E-state index in [2.05, 4.69) is 0 Å². The molecule has 0 bridgehead atoms. The largest absolute Gasteiger partial charge is 0.480 e. The molecule has 2 N–H and O–H groups in total. The van der Waals surface area contributed by atoms with Crippen LogP contribution in [0.3, 0.4) is 0 Å². The molecule has 1 fully saturated rings. The van der Waals surface area contributed by atoms with Crippen LogP contribution in [0.25, 0.3) is 0 Å². The fourth-order valence-corrected chi connectivity index (χ4v) is 2.52. The number of nitrogens with zero attached hydrogens (tertiary/aromatic N) is 2. The van der Waals surface area contributed by atoms with Gasteiger partial charge in [0.25, 0.3) is 0 Å². The van der Waals surface area contributed by atoms with Gasteiger partial charge in [-0.1, -0.05) is 6.92 Å². The van der Waals surface area contributed by atoms with Gasteiger partial charge in [0.05, 0.1) is 0 Å². The van der Waals surface area contributed by atoms with Crippen LogP contribution in [0, 0.1) is 5.92 Å². The molecule has 2 unspecified atom stereocenters. The van der Waals surface area contributed by atoms with Crippen LogP contribution >= 0.6 is 0 Å². The van der Waals surface area contributed by atoms with Crippen molar-refractivity contribution in [3.8, 4) is 0 Å². The molecule has 0 aliphatic carbocycles. The molecule has 1 aliphatic rings. The van der Waals surface area contributed by atoms with E-state index in [0.717, 1.165) is 0 Å². The highest BCUT2D eigenvalue weighted by molar-refractivity contribution is 5.83. The molecular formula is C13H24N2O4. The Kier molecular flexibility index (Phi) is 5.60. The van der Waals surface area contributed by atoms with E-state index in [0.29, 0.717) is 25.9 Å². The minimum atomic E-state index is -0.941. The molecule has 0 aromatic heterocycles. The number of urea groups is 1. The van der Waals surface area contributed by atoms with Crippen molar-refractivity contribution in [1.29, 1.82) is 0 Å². The number of carboxylic acids is 1. The van der Waals surface area contributed by atoms with Gasteiger partial charge in [-0.3, -0.25) is 0 Å². The summed E-state index contributed by atoms with van der Waals surface area (Å²) in [4.78, 5) is 26.8. The molecule has 110 valence electrons. The Morgan fingerprint density at radius 1 is 1.42 bits per heavy atom. The molecule has 0 aromatic rings. The maximum Gasteiger partial charge on any atom is 0.326 e. The van der Waals surface area contributed by atoms with Crippen molar-refractivity contribution in [3.63, 3.8) is 0 Å². The van der Waals surface area contributed by atoms with Crippen LogP contribution in [0.1, 0.15) is 33.6 Å². The first-order valence-corrected chi connectivity index (χ1v) is 6.81. The lowest BCUT2D eigenvalue weighted by Crippen LogP contribution is -2.51. The van der Waals surface area contributed by atoms with E-state index in [1.807, 2.05) is 20.8 Å². The van der Waals surface area contributed by atoms with Crippen LogP contribution in [0.4, 0.5) is 4.79 Å². The molecule has 0 saturated carbocycles. The Morgan fingerprint density at radius 3 is 2.53 bits per heavy atom. The molecule has 6 heteroatoms. The highest BCUT2D eigenvalue weighted by atomic mass is 16.4. The van der Waals surface area contributed by atoms with Gasteiger partial charge in [-0.2, -0.15) is 0 Å². The highest BCUT2D eigenvalue weighted by Crippen LogP contribution is 2.25. The van der Waals surface area contributed by atoms with E-state index in [1.165, 1.54) is 4.90 Å². The monoisotopic (exact) mass is 272 g/mol. The number of hydrogen-bond acceptors (Lipinski definition) is 3. The van der Waals surface area contributed by atoms with Gasteiger partial charge in [0.1, 0.15) is 6.04 Å². The average molecular weight is 272 g/mol. The first-order valence-electron chi connectivity index (χ1n) is 6.81. The molecule has 1 saturated heterocycles. The number of hydrogen-bond donors (Lipinski definition) is 2. The predicted molar refractivity (Wildman–Crippen MR) is 70.9 cm³/mol. The lowest BCUT2D eigenvalue weighted by molar-refractivity contribution is -0.142. The lowest BCUT2D eigenvalue weighted by Gasteiger charge is -2.33. The second-order valence-corrected chi connectivity index (χ2v) is 5.39. The van der Waals surface area contributed by atoms with Crippen LogP contribution in [-0.2, 0) is 4.79 Å². The van der Waals surface area contributed by atoms with Crippen LogP contribution in [0.2, 0.25) is 0 Å². The fraction of sp³-hybridized carbons (Fsp3) is 0.846. The summed E-state index contributed by atoms with van der Waals surface area (Å²) in [6.45, 7) is 6.60. The molecule has 2 amide bonds. The first kappa shape index (κ1) is 15.8. The number of aliphatic hydroxyl groups excluding tert-OH is 1. The molecule has 1 aliphatic heterocycles. The molecule has 1 rings (SSSR count). The summed E-state index contributed by atoms with van der Waals surface area (Å²) in [6, 6.07) is -0.979. The fourth-order valence-electron chi connectivity index (χ4n) is 2.52. The molecule has 1 heterocycles. The molecule has 6 nitrogen and oxygen atoms in total. The van der Waals surface area contributed by atoms with Crippen molar-refractivity contribution in [2.24, 2.45) is 5.92 Å². The van der Waals surface area contributed by atoms with Crippen molar-refractivity contribution < 1.29 is 19.8 Å². The molecule has 0 radical (unpaired) electrons. The van der Waals surface area contributed by atoms with Gasteiger partial charge in [-0.25, -0.2) is 9.59 Å². The summed E-state index contributed by atoms with van der Waals surface area (Å²) < 4.78 is 0. The first-order chi connectivity index (χ1) is 8.90. The number of aliphatic hydroxyl groups is 1. The van der Waals surface area contributed by atoms with E-state index in [9.17, 15) is 14.7 Å². The number of carboxylic acid groups (broad SMARTS) is 1. The maximum absolute atomic E-state index is 12.5. The third kappa shape index (κ3) is 3.59. The summed E-state index contributed by atoms with van der Waals surface area (Å²) in [5.74, 6) is -0.961. The summed E-state index contributed by atoms with van der Waals surface area (Å²) >= 11 is 0. The lowest BCUT2D eigenvalue weighted by atomic mass is 10.0. The SMILES string of the molecule is CC1CCN(C(=O)N(CCCO)C(C)C)C1C(=O)O. The van der Waals surface area contributed by atoms with Gasteiger partial charge in [0.15, 0.2) is 0 Å². The summed E-state index contributed by atoms with van der Waals surface area (Å²) in [6.07, 6.45) is 1.22. The van der Waals surface area contributed by atoms with Crippen molar-refractivity contribution in [1.82, 2.24) is 9.80 Å². The molecule has 0 aromatic carbocycles. The van der Waals surface area contributed by atoms with Gasteiger partial charge in [-0.15, -0.1) is 0 Å². The Hall–Kier alpha value is -1.30. The van der Waals surface area contributed by atoms with Crippen LogP contribution < -0.4 is 0 Å². The van der Waals surface area contributed by atoms with Crippen molar-refractivity contribution >= 4 is 12.0 Å². The minimum Gasteiger partial charge on any atom is -0.480 e. The van der Waals surface area contributed by atoms with Crippen molar-refractivity contribution in [3.05, 3.63) is 0 Å². The zero-order chi connectivity index (χ0) is 14.6. The Bertz CT molecular complexity index is 333. The zero-order valence-corrected chi connectivity index (χ0v) is 11.9. The van der Waals surface area contributed by atoms with E-state index in [-0.39, 0.29) is 24.6 Å². The molecule has 19 heavy (non-hydrogen) atoms. The molecule has 0 spiro atoms. The van der Waals surface area contributed by atoms with Crippen LogP contribution in [0.5, 0.6) is 0 Å². The second-order valence-electron chi connectivity index (χ2n) is 5.39. The van der Waals surface area contributed by atoms with Gasteiger partial charge in [0.2, 0.25) is 0 Å². The van der Waals surface area contributed by atoms with Crippen LogP contribution in [0.15, 0.2) is 0 Å². The number of aliphatic carboxylic acids is 1. The third-order valence-corrected chi connectivity index (χ3v) is 3.63. The predicted octanol–water partition coefficient (Wildman–Crippen LogP) is 0.994. The minimum absolute atomic E-state index is 0.00981. The second kappa shape index (κ2) is 6.75. The number of likely N-dealkylation sites (tertiary alicyclic amines) is 1. The van der Waals surface area contributed by atoms with Gasteiger partial charge in [0, 0.05) is 25.7 Å². The quantitative estimate of drug-likeness (QED) is 0.782. The molecular weight excluding hydrogens is 248 g/mol. The van der Waals surface area contributed by atoms with Crippen LogP contribution in [-0.4, -0.2) is 63.8 Å². The van der Waals surface area contributed by atoms with E-state index >= 15 is 0 Å². The number of carbonyl (C=O) groups is 2. The highest BCUT2D eigenvalue weighted by Gasteiger charge is 2.41. The summed E-state index contributed by atoms with van der Waals surface area (Å²) in [7, 11) is 0. The Labute approximate surface area is 114 Å². The van der Waals surface area contributed by atoms with E-state index in [1.54, 1.807) is 4.90 Å². The smallest absolute Gasteiger partial charge is 0.326 e. The number of amides is 2. The number of rotatable bonds is 5. The topological polar surface area (TPSA) is 81.1 Å². The average Bonchev–Trinajstić information content (AvgIpc) is 2.71. The van der Waals surface area contributed by atoms with Gasteiger partial charge in [-0.05, 0) is 32.6 Å². The standard InChI is InChI=1S/C13H24N2O4/c1-9(2)14(6-4-8-16)13(19)15-7-5-10(3)11(15)12(17)18/h9-11,16H,4-8H2,1-3H3,(H,17,18). The van der Waals surface area contributed by atoms with E-state index in [4.69, 9.17) is 5.11 Å². The third-order valence-electron chi connectivity index (χ3n) is 3.63. The number of carbonyl (C=O) groups excluding carboxylic acids is 1. The van der Waals surface area contributed by atoms with Gasteiger partial charge >= 0.3 is 12.0 Å². The van der Waals surface area contributed by atoms with Gasteiger partial charge < -0.3 is 20.0 Å². The van der Waals surface area contributed by atoms with Crippen molar-refractivity contribution in [2.75, 3.05) is 19.7 Å². The summed E-state index contributed by atoms with van der Waals surface area (Å²) in [5.41, 5.74) is 0. The molecule has 2 atom stereocenters. The maximum atomic E-state index is 12.5. The Balaban J connectivity index is 2.81.